The maximum absolute atomic E-state index is 13.1. The third-order valence-electron chi connectivity index (χ3n) is 1.83. The van der Waals surface area contributed by atoms with Crippen molar-refractivity contribution in [1.82, 2.24) is 0 Å². The number of benzene rings is 1. The molecule has 0 aromatic heterocycles. The standard InChI is InChI=1S/C9H11FN2O2/c10-7-4-6(11)2-1-5(7)3-8(12)9(13)14/h1-2,4,8H,3,11-12H2,(H,13,14). The number of aliphatic carboxylic acids is 1. The molecule has 0 spiro atoms. The fraction of sp³-hybridized carbons (Fsp3) is 0.222. The summed E-state index contributed by atoms with van der Waals surface area (Å²) in [4.78, 5) is 10.4. The van der Waals surface area contributed by atoms with Gasteiger partial charge < -0.3 is 16.6 Å². The van der Waals surface area contributed by atoms with Gasteiger partial charge in [-0.25, -0.2) is 4.39 Å². The van der Waals surface area contributed by atoms with Gasteiger partial charge in [0.25, 0.3) is 0 Å². The molecule has 14 heavy (non-hydrogen) atoms. The third kappa shape index (κ3) is 2.43. The maximum atomic E-state index is 13.1. The van der Waals surface area contributed by atoms with E-state index in [9.17, 15) is 9.18 Å². The Kier molecular flexibility index (Phi) is 3.03. The monoisotopic (exact) mass is 198 g/mol. The summed E-state index contributed by atoms with van der Waals surface area (Å²) in [7, 11) is 0. The lowest BCUT2D eigenvalue weighted by Crippen LogP contribution is -2.32. The highest BCUT2D eigenvalue weighted by Crippen LogP contribution is 2.13. The van der Waals surface area contributed by atoms with Crippen molar-refractivity contribution in [3.05, 3.63) is 29.6 Å². The van der Waals surface area contributed by atoms with Crippen LogP contribution in [-0.2, 0) is 11.2 Å². The molecule has 5 N–H and O–H groups in total. The zero-order valence-electron chi connectivity index (χ0n) is 7.40. The molecule has 0 saturated heterocycles. The van der Waals surface area contributed by atoms with E-state index in [1.807, 2.05) is 0 Å². The fourth-order valence-corrected chi connectivity index (χ4v) is 1.05. The Hall–Kier alpha value is -1.62. The number of hydrogen-bond acceptors (Lipinski definition) is 3. The topological polar surface area (TPSA) is 89.3 Å². The molecular weight excluding hydrogens is 187 g/mol. The molecule has 1 aromatic carbocycles. The van der Waals surface area contributed by atoms with Gasteiger partial charge in [0.1, 0.15) is 11.9 Å². The molecule has 1 unspecified atom stereocenters. The molecule has 1 aromatic rings. The number of nitrogen functional groups attached to an aromatic ring is 1. The summed E-state index contributed by atoms with van der Waals surface area (Å²) in [5, 5.41) is 8.52. The zero-order valence-corrected chi connectivity index (χ0v) is 7.40. The molecule has 0 fully saturated rings. The van der Waals surface area contributed by atoms with Crippen molar-refractivity contribution < 1.29 is 14.3 Å². The Bertz CT molecular complexity index is 355. The number of carboxylic acids is 1. The lowest BCUT2D eigenvalue weighted by atomic mass is 10.1. The Morgan fingerprint density at radius 3 is 2.71 bits per heavy atom. The smallest absolute Gasteiger partial charge is 0.320 e. The SMILES string of the molecule is Nc1ccc(CC(N)C(=O)O)c(F)c1. The van der Waals surface area contributed by atoms with Crippen molar-refractivity contribution in [1.29, 1.82) is 0 Å². The third-order valence-corrected chi connectivity index (χ3v) is 1.83. The second-order valence-electron chi connectivity index (χ2n) is 3.00. The molecule has 76 valence electrons. The average Bonchev–Trinajstić information content (AvgIpc) is 2.09. The van der Waals surface area contributed by atoms with Crippen molar-refractivity contribution in [3.8, 4) is 0 Å². The van der Waals surface area contributed by atoms with Crippen molar-refractivity contribution in [2.24, 2.45) is 5.73 Å². The van der Waals surface area contributed by atoms with Crippen LogP contribution in [0.1, 0.15) is 5.56 Å². The first-order valence-electron chi connectivity index (χ1n) is 4.03. The van der Waals surface area contributed by atoms with E-state index in [0.717, 1.165) is 6.07 Å². The van der Waals surface area contributed by atoms with Gasteiger partial charge in [-0.2, -0.15) is 0 Å². The highest BCUT2D eigenvalue weighted by molar-refractivity contribution is 5.73. The van der Waals surface area contributed by atoms with Gasteiger partial charge in [0.2, 0.25) is 0 Å². The van der Waals surface area contributed by atoms with E-state index >= 15 is 0 Å². The van der Waals surface area contributed by atoms with Gasteiger partial charge in [-0.15, -0.1) is 0 Å². The van der Waals surface area contributed by atoms with E-state index in [4.69, 9.17) is 16.6 Å². The summed E-state index contributed by atoms with van der Waals surface area (Å²) in [6.07, 6.45) is -0.0402. The molecule has 0 aliphatic carbocycles. The molecule has 1 rings (SSSR count). The Labute approximate surface area is 80.3 Å². The Balaban J connectivity index is 2.82. The number of halogens is 1. The number of carbonyl (C=O) groups is 1. The summed E-state index contributed by atoms with van der Waals surface area (Å²) in [6.45, 7) is 0. The molecule has 0 heterocycles. The lowest BCUT2D eigenvalue weighted by molar-refractivity contribution is -0.138. The van der Waals surface area contributed by atoms with Gasteiger partial charge in [-0.3, -0.25) is 4.79 Å². The van der Waals surface area contributed by atoms with Gasteiger partial charge >= 0.3 is 5.97 Å². The van der Waals surface area contributed by atoms with E-state index < -0.39 is 17.8 Å². The minimum Gasteiger partial charge on any atom is -0.480 e. The van der Waals surface area contributed by atoms with E-state index in [1.165, 1.54) is 12.1 Å². The molecule has 0 radical (unpaired) electrons. The van der Waals surface area contributed by atoms with E-state index in [0.29, 0.717) is 5.69 Å². The molecule has 0 saturated carbocycles. The van der Waals surface area contributed by atoms with Crippen molar-refractivity contribution in [3.63, 3.8) is 0 Å². The molecule has 0 bridgehead atoms. The fourth-order valence-electron chi connectivity index (χ4n) is 1.05. The highest BCUT2D eigenvalue weighted by Gasteiger charge is 2.14. The van der Waals surface area contributed by atoms with Gasteiger partial charge in [-0.1, -0.05) is 6.07 Å². The predicted molar refractivity (Wildman–Crippen MR) is 50.1 cm³/mol. The van der Waals surface area contributed by atoms with Crippen molar-refractivity contribution in [2.45, 2.75) is 12.5 Å². The second kappa shape index (κ2) is 4.06. The van der Waals surface area contributed by atoms with Gasteiger partial charge in [0.15, 0.2) is 0 Å². The van der Waals surface area contributed by atoms with Crippen LogP contribution in [0.3, 0.4) is 0 Å². The zero-order chi connectivity index (χ0) is 10.7. The van der Waals surface area contributed by atoms with Crippen LogP contribution in [0.4, 0.5) is 10.1 Å². The maximum Gasteiger partial charge on any atom is 0.320 e. The summed E-state index contributed by atoms with van der Waals surface area (Å²) in [5.41, 5.74) is 11.1. The quantitative estimate of drug-likeness (QED) is 0.612. The average molecular weight is 198 g/mol. The molecule has 0 amide bonds. The minimum atomic E-state index is -1.15. The lowest BCUT2D eigenvalue weighted by Gasteiger charge is -2.07. The molecule has 4 nitrogen and oxygen atoms in total. The molecule has 1 atom stereocenters. The molecule has 0 aliphatic rings. The van der Waals surface area contributed by atoms with Crippen molar-refractivity contribution >= 4 is 11.7 Å². The molecule has 0 aliphatic heterocycles. The van der Waals surface area contributed by atoms with Gasteiger partial charge in [0, 0.05) is 12.1 Å². The number of anilines is 1. The predicted octanol–water partition coefficient (Wildman–Crippen LogP) is 0.362. The normalized spacial score (nSPS) is 12.4. The first-order valence-corrected chi connectivity index (χ1v) is 4.03. The van der Waals surface area contributed by atoms with Crippen LogP contribution in [0.2, 0.25) is 0 Å². The van der Waals surface area contributed by atoms with E-state index in [2.05, 4.69) is 0 Å². The van der Waals surface area contributed by atoms with E-state index in [-0.39, 0.29) is 12.0 Å². The van der Waals surface area contributed by atoms with Crippen molar-refractivity contribution in [2.75, 3.05) is 5.73 Å². The number of hydrogen-bond donors (Lipinski definition) is 3. The van der Waals surface area contributed by atoms with Gasteiger partial charge in [0.05, 0.1) is 0 Å². The first kappa shape index (κ1) is 10.5. The second-order valence-corrected chi connectivity index (χ2v) is 3.00. The first-order chi connectivity index (χ1) is 6.50. The van der Waals surface area contributed by atoms with Crippen LogP contribution in [0.15, 0.2) is 18.2 Å². The summed E-state index contributed by atoms with van der Waals surface area (Å²) in [5.74, 6) is -1.68. The Morgan fingerprint density at radius 1 is 1.57 bits per heavy atom. The largest absolute Gasteiger partial charge is 0.480 e. The Morgan fingerprint density at radius 2 is 2.21 bits per heavy atom. The van der Waals surface area contributed by atoms with Crippen LogP contribution < -0.4 is 11.5 Å². The van der Waals surface area contributed by atoms with Gasteiger partial charge in [-0.05, 0) is 17.7 Å². The number of carboxylic acid groups (broad SMARTS) is 1. The van der Waals surface area contributed by atoms with Crippen LogP contribution >= 0.6 is 0 Å². The van der Waals surface area contributed by atoms with E-state index in [1.54, 1.807) is 0 Å². The van der Waals surface area contributed by atoms with Crippen LogP contribution in [0.25, 0.3) is 0 Å². The summed E-state index contributed by atoms with van der Waals surface area (Å²) in [6, 6.07) is 3.00. The number of nitrogens with two attached hydrogens (primary N) is 2. The summed E-state index contributed by atoms with van der Waals surface area (Å²) < 4.78 is 13.1. The minimum absolute atomic E-state index is 0.0402. The van der Waals surface area contributed by atoms with Crippen LogP contribution in [-0.4, -0.2) is 17.1 Å². The van der Waals surface area contributed by atoms with Crippen LogP contribution in [0, 0.1) is 5.82 Å². The van der Waals surface area contributed by atoms with Crippen LogP contribution in [0.5, 0.6) is 0 Å². The highest BCUT2D eigenvalue weighted by atomic mass is 19.1. The molecular formula is C9H11FN2O2. The number of rotatable bonds is 3. The molecule has 5 heteroatoms. The summed E-state index contributed by atoms with van der Waals surface area (Å²) >= 11 is 0.